The molecular weight excluding hydrogens is 777 g/mol. The lowest BCUT2D eigenvalue weighted by atomic mass is 9.65. The fourth-order valence-electron chi connectivity index (χ4n) is 11.4. The summed E-state index contributed by atoms with van der Waals surface area (Å²) in [6.45, 7) is 0. The Morgan fingerprint density at radius 1 is 0.375 bits per heavy atom. The molecule has 1 spiro atoms. The predicted octanol–water partition coefficient (Wildman–Crippen LogP) is 16.2. The fraction of sp³-hybridized carbons (Fsp3) is 0.0164. The smallest absolute Gasteiger partial charge is 0.143 e. The summed E-state index contributed by atoms with van der Waals surface area (Å²) < 4.78 is 9.03. The van der Waals surface area contributed by atoms with Crippen LogP contribution in [0.25, 0.3) is 82.8 Å². The second kappa shape index (κ2) is 13.3. The van der Waals surface area contributed by atoms with Crippen LogP contribution in [0.5, 0.6) is 0 Å². The van der Waals surface area contributed by atoms with E-state index in [0.717, 1.165) is 50.1 Å². The molecule has 3 nitrogen and oxygen atoms in total. The zero-order chi connectivity index (χ0) is 41.9. The summed E-state index contributed by atoms with van der Waals surface area (Å²) >= 11 is 0. The minimum atomic E-state index is -0.555. The van der Waals surface area contributed by atoms with E-state index in [1.165, 1.54) is 72.0 Å². The molecule has 0 radical (unpaired) electrons. The molecule has 0 bridgehead atoms. The molecular formula is C61H38N2O. The highest BCUT2D eigenvalue weighted by Gasteiger charge is 2.51. The lowest BCUT2D eigenvalue weighted by molar-refractivity contribution is 0.670. The van der Waals surface area contributed by atoms with Crippen LogP contribution in [-0.2, 0) is 5.41 Å². The third-order valence-corrected chi connectivity index (χ3v) is 14.0. The molecule has 0 amide bonds. The number of benzene rings is 10. The van der Waals surface area contributed by atoms with Crippen molar-refractivity contribution in [3.8, 4) is 39.1 Å². The summed E-state index contributed by atoms with van der Waals surface area (Å²) in [7, 11) is 0. The van der Waals surface area contributed by atoms with E-state index in [1.807, 2.05) is 6.07 Å². The molecule has 1 aliphatic heterocycles. The summed E-state index contributed by atoms with van der Waals surface area (Å²) in [5.41, 5.74) is 20.6. The minimum Gasteiger partial charge on any atom is -0.455 e. The number of nitrogens with zero attached hydrogens (tertiary/aromatic N) is 2. The van der Waals surface area contributed by atoms with E-state index < -0.39 is 5.41 Å². The zero-order valence-corrected chi connectivity index (χ0v) is 34.7. The summed E-state index contributed by atoms with van der Waals surface area (Å²) in [6.07, 6.45) is 0. The summed E-state index contributed by atoms with van der Waals surface area (Å²) in [6, 6.07) is 84.5. The maximum atomic E-state index is 6.51. The van der Waals surface area contributed by atoms with Crippen molar-refractivity contribution in [1.82, 2.24) is 4.57 Å². The summed E-state index contributed by atoms with van der Waals surface area (Å²) in [5, 5.41) is 4.82. The monoisotopic (exact) mass is 814 g/mol. The normalized spacial score (nSPS) is 14.6. The Morgan fingerprint density at radius 2 is 0.953 bits per heavy atom. The number of hydrogen-bond donors (Lipinski definition) is 0. The van der Waals surface area contributed by atoms with Gasteiger partial charge in [0.05, 0.1) is 27.8 Å². The Bertz CT molecular complexity index is 3840. The van der Waals surface area contributed by atoms with Gasteiger partial charge in [-0.25, -0.2) is 0 Å². The first-order chi connectivity index (χ1) is 31.8. The van der Waals surface area contributed by atoms with Gasteiger partial charge >= 0.3 is 0 Å². The highest BCUT2D eigenvalue weighted by molar-refractivity contribution is 6.13. The van der Waals surface area contributed by atoms with Crippen molar-refractivity contribution in [2.45, 2.75) is 5.41 Å². The van der Waals surface area contributed by atoms with Gasteiger partial charge in [-0.2, -0.15) is 0 Å². The van der Waals surface area contributed by atoms with Crippen molar-refractivity contribution in [2.75, 3.05) is 4.90 Å². The number of aromatic nitrogens is 1. The average molecular weight is 815 g/mol. The first kappa shape index (κ1) is 35.2. The van der Waals surface area contributed by atoms with E-state index in [9.17, 15) is 0 Å². The van der Waals surface area contributed by atoms with Gasteiger partial charge in [-0.1, -0.05) is 182 Å². The SMILES string of the molecule is c1ccc(-c2ccc(N(c3ccc(-c4cccc5c4oc4ccccc45)cc3)c3cccc4c3-c3ccccc3C43c4ccccc4-n4c5ccccc5c5cccc3c54)cc2)cc1. The average Bonchev–Trinajstić information content (AvgIpc) is 4.02. The van der Waals surface area contributed by atoms with Gasteiger partial charge < -0.3 is 13.9 Å². The molecule has 64 heavy (non-hydrogen) atoms. The number of fused-ring (bicyclic) bond motifs is 15. The van der Waals surface area contributed by atoms with Crippen molar-refractivity contribution in [3.63, 3.8) is 0 Å². The van der Waals surface area contributed by atoms with Gasteiger partial charge in [0.25, 0.3) is 0 Å². The van der Waals surface area contributed by atoms with Crippen LogP contribution in [0.2, 0.25) is 0 Å². The Kier molecular flexibility index (Phi) is 7.32. The molecule has 0 saturated carbocycles. The molecule has 0 N–H and O–H groups in total. The van der Waals surface area contributed by atoms with E-state index in [0.29, 0.717) is 0 Å². The number of para-hydroxylation sites is 5. The first-order valence-corrected chi connectivity index (χ1v) is 22.1. The third kappa shape index (κ3) is 4.70. The molecule has 0 saturated heterocycles. The first-order valence-electron chi connectivity index (χ1n) is 22.1. The molecule has 12 aromatic rings. The molecule has 3 heterocycles. The van der Waals surface area contributed by atoms with Crippen LogP contribution in [0.4, 0.5) is 17.1 Å². The highest BCUT2D eigenvalue weighted by Crippen LogP contribution is 2.63. The molecule has 1 atom stereocenters. The summed E-state index contributed by atoms with van der Waals surface area (Å²) in [4.78, 5) is 2.46. The van der Waals surface area contributed by atoms with Gasteiger partial charge in [-0.3, -0.25) is 0 Å². The third-order valence-electron chi connectivity index (χ3n) is 14.0. The molecule has 14 rings (SSSR count). The van der Waals surface area contributed by atoms with E-state index in [2.05, 4.69) is 234 Å². The van der Waals surface area contributed by atoms with Gasteiger partial charge in [0.15, 0.2) is 0 Å². The summed E-state index contributed by atoms with van der Waals surface area (Å²) in [5.74, 6) is 0. The molecule has 3 heteroatoms. The lowest BCUT2D eigenvalue weighted by Gasteiger charge is -2.39. The van der Waals surface area contributed by atoms with Gasteiger partial charge in [0.2, 0.25) is 0 Å². The van der Waals surface area contributed by atoms with Gasteiger partial charge in [-0.15, -0.1) is 0 Å². The van der Waals surface area contributed by atoms with Crippen molar-refractivity contribution in [3.05, 3.63) is 253 Å². The predicted molar refractivity (Wildman–Crippen MR) is 264 cm³/mol. The Morgan fingerprint density at radius 3 is 1.80 bits per heavy atom. The van der Waals surface area contributed by atoms with E-state index in [4.69, 9.17) is 4.42 Å². The van der Waals surface area contributed by atoms with Gasteiger partial charge in [-0.05, 0) is 93.0 Å². The number of rotatable bonds is 5. The minimum absolute atomic E-state index is 0.555. The lowest BCUT2D eigenvalue weighted by Crippen LogP contribution is -2.33. The van der Waals surface area contributed by atoms with Crippen LogP contribution in [0, 0.1) is 0 Å². The Labute approximate surface area is 370 Å². The number of furan rings is 1. The quantitative estimate of drug-likeness (QED) is 0.173. The maximum Gasteiger partial charge on any atom is 0.143 e. The van der Waals surface area contributed by atoms with Gasteiger partial charge in [0.1, 0.15) is 11.2 Å². The second-order valence-electron chi connectivity index (χ2n) is 17.1. The van der Waals surface area contributed by atoms with Crippen LogP contribution in [0.1, 0.15) is 22.3 Å². The van der Waals surface area contributed by atoms with Crippen LogP contribution in [-0.4, -0.2) is 4.57 Å². The molecule has 1 unspecified atom stereocenters. The van der Waals surface area contributed by atoms with Crippen LogP contribution in [0.15, 0.2) is 235 Å². The van der Waals surface area contributed by atoms with E-state index in [-0.39, 0.29) is 0 Å². The topological polar surface area (TPSA) is 21.3 Å². The maximum absolute atomic E-state index is 6.51. The Balaban J connectivity index is 1.02. The van der Waals surface area contributed by atoms with Crippen molar-refractivity contribution in [2.24, 2.45) is 0 Å². The molecule has 0 fully saturated rings. The standard InChI is InChI=1S/C61H38N2O/c1-2-15-39(16-3-1)40-31-35-42(36-32-40)62(43-37-33-41(34-38-43)44-20-12-22-48-46-18-6-11-30-57(46)64-60(44)48)56-29-14-25-52-58(56)49-19-4-7-23-50(49)61(52)51-24-8-10-28-55(51)63-54-27-9-5-17-45(54)47-21-13-26-53(61)59(47)63/h1-38H. The van der Waals surface area contributed by atoms with E-state index in [1.54, 1.807) is 0 Å². The molecule has 2 aliphatic rings. The van der Waals surface area contributed by atoms with Crippen molar-refractivity contribution < 1.29 is 4.42 Å². The second-order valence-corrected chi connectivity index (χ2v) is 17.1. The van der Waals surface area contributed by atoms with Gasteiger partial charge in [0, 0.05) is 44.0 Å². The van der Waals surface area contributed by atoms with Crippen LogP contribution >= 0.6 is 0 Å². The van der Waals surface area contributed by atoms with Crippen molar-refractivity contribution in [1.29, 1.82) is 0 Å². The largest absolute Gasteiger partial charge is 0.455 e. The molecule has 298 valence electrons. The highest BCUT2D eigenvalue weighted by atomic mass is 16.3. The Hall–Kier alpha value is -8.40. The molecule has 1 aliphatic carbocycles. The number of anilines is 3. The van der Waals surface area contributed by atoms with Crippen molar-refractivity contribution >= 4 is 60.8 Å². The number of hydrogen-bond acceptors (Lipinski definition) is 2. The molecule has 10 aromatic carbocycles. The van der Waals surface area contributed by atoms with Crippen LogP contribution < -0.4 is 4.90 Å². The fourth-order valence-corrected chi connectivity index (χ4v) is 11.4. The van der Waals surface area contributed by atoms with Crippen LogP contribution in [0.3, 0.4) is 0 Å². The van der Waals surface area contributed by atoms with E-state index >= 15 is 0 Å². The zero-order valence-electron chi connectivity index (χ0n) is 34.7. The molecule has 2 aromatic heterocycles.